The number of benzene rings is 1. The van der Waals surface area contributed by atoms with Crippen LogP contribution in [0.4, 0.5) is 0 Å². The van der Waals surface area contributed by atoms with Crippen molar-refractivity contribution in [3.05, 3.63) is 34.9 Å². The second-order valence-electron chi connectivity index (χ2n) is 4.94. The molecule has 0 saturated carbocycles. The molecule has 2 nitrogen and oxygen atoms in total. The summed E-state index contributed by atoms with van der Waals surface area (Å²) in [6.07, 6.45) is 1.34. The molecule has 1 rings (SSSR count). The van der Waals surface area contributed by atoms with Crippen LogP contribution in [0.1, 0.15) is 49.9 Å². The first kappa shape index (κ1) is 15.2. The van der Waals surface area contributed by atoms with Crippen LogP contribution >= 0.6 is 0 Å². The number of rotatable bonds is 7. The van der Waals surface area contributed by atoms with Crippen LogP contribution in [0.5, 0.6) is 0 Å². The molecular formula is C16H27NO. The Kier molecular flexibility index (Phi) is 6.37. The number of aryl methyl sites for hydroxylation is 2. The third kappa shape index (κ3) is 4.11. The van der Waals surface area contributed by atoms with E-state index in [9.17, 15) is 0 Å². The molecule has 0 fully saturated rings. The highest BCUT2D eigenvalue weighted by molar-refractivity contribution is 5.32. The average Bonchev–Trinajstić information content (AvgIpc) is 2.34. The highest BCUT2D eigenvalue weighted by Gasteiger charge is 2.19. The quantitative estimate of drug-likeness (QED) is 0.794. The molecule has 0 radical (unpaired) electrons. The van der Waals surface area contributed by atoms with Crippen LogP contribution in [0.3, 0.4) is 0 Å². The van der Waals surface area contributed by atoms with Gasteiger partial charge >= 0.3 is 0 Å². The molecule has 1 aromatic rings. The first-order valence-corrected chi connectivity index (χ1v) is 7.02. The van der Waals surface area contributed by atoms with Gasteiger partial charge in [0.05, 0.1) is 12.1 Å². The highest BCUT2D eigenvalue weighted by Crippen LogP contribution is 2.22. The summed E-state index contributed by atoms with van der Waals surface area (Å²) in [7, 11) is 0. The molecule has 2 unspecified atom stereocenters. The zero-order chi connectivity index (χ0) is 13.5. The highest BCUT2D eigenvalue weighted by atomic mass is 16.5. The number of ether oxygens (including phenoxy) is 1. The molecule has 0 aliphatic carbocycles. The largest absolute Gasteiger partial charge is 0.377 e. The summed E-state index contributed by atoms with van der Waals surface area (Å²) in [4.78, 5) is 0. The van der Waals surface area contributed by atoms with Crippen molar-refractivity contribution < 1.29 is 4.74 Å². The van der Waals surface area contributed by atoms with Crippen molar-refractivity contribution in [1.82, 2.24) is 5.32 Å². The minimum atomic E-state index is 0.198. The van der Waals surface area contributed by atoms with Crippen LogP contribution in [0.15, 0.2) is 18.2 Å². The predicted octanol–water partition coefficient (Wildman–Crippen LogP) is 3.77. The third-order valence-corrected chi connectivity index (χ3v) is 3.40. The van der Waals surface area contributed by atoms with E-state index in [2.05, 4.69) is 51.2 Å². The van der Waals surface area contributed by atoms with Crippen molar-refractivity contribution in [3.63, 3.8) is 0 Å². The minimum Gasteiger partial charge on any atom is -0.377 e. The summed E-state index contributed by atoms with van der Waals surface area (Å²) < 4.78 is 5.76. The van der Waals surface area contributed by atoms with Gasteiger partial charge in [-0.05, 0) is 57.4 Å². The van der Waals surface area contributed by atoms with Crippen LogP contribution in [0.25, 0.3) is 0 Å². The molecule has 0 spiro atoms. The van der Waals surface area contributed by atoms with Gasteiger partial charge in [0.15, 0.2) is 0 Å². The predicted molar refractivity (Wildman–Crippen MR) is 78.0 cm³/mol. The third-order valence-electron chi connectivity index (χ3n) is 3.40. The van der Waals surface area contributed by atoms with Crippen LogP contribution in [0, 0.1) is 13.8 Å². The average molecular weight is 249 g/mol. The molecular weight excluding hydrogens is 222 g/mol. The number of nitrogens with one attached hydrogen (secondary N) is 1. The summed E-state index contributed by atoms with van der Waals surface area (Å²) in [5, 5.41) is 3.59. The van der Waals surface area contributed by atoms with Crippen molar-refractivity contribution >= 4 is 0 Å². The van der Waals surface area contributed by atoms with E-state index in [0.29, 0.717) is 0 Å². The lowest BCUT2D eigenvalue weighted by Gasteiger charge is -2.26. The van der Waals surface area contributed by atoms with Gasteiger partial charge in [-0.15, -0.1) is 0 Å². The molecule has 0 amide bonds. The first-order chi connectivity index (χ1) is 8.60. The summed E-state index contributed by atoms with van der Waals surface area (Å²) in [6, 6.07) is 6.97. The molecule has 0 aliphatic rings. The van der Waals surface area contributed by atoms with E-state index < -0.39 is 0 Å². The van der Waals surface area contributed by atoms with E-state index >= 15 is 0 Å². The van der Waals surface area contributed by atoms with Gasteiger partial charge in [0, 0.05) is 6.61 Å². The van der Waals surface area contributed by atoms with E-state index in [1.807, 2.05) is 6.92 Å². The van der Waals surface area contributed by atoms with Gasteiger partial charge in [-0.25, -0.2) is 0 Å². The van der Waals surface area contributed by atoms with E-state index in [1.165, 1.54) is 16.7 Å². The smallest absolute Gasteiger partial charge is 0.0741 e. The second-order valence-corrected chi connectivity index (χ2v) is 4.94. The van der Waals surface area contributed by atoms with Gasteiger partial charge in [-0.3, -0.25) is 0 Å². The Morgan fingerprint density at radius 2 is 1.89 bits per heavy atom. The van der Waals surface area contributed by atoms with Crippen LogP contribution < -0.4 is 5.32 Å². The second kappa shape index (κ2) is 7.55. The van der Waals surface area contributed by atoms with Gasteiger partial charge < -0.3 is 10.1 Å². The maximum absolute atomic E-state index is 5.76. The van der Waals surface area contributed by atoms with Gasteiger partial charge in [-0.2, -0.15) is 0 Å². The van der Waals surface area contributed by atoms with Crippen LogP contribution in [-0.2, 0) is 4.74 Å². The number of hydrogen-bond donors (Lipinski definition) is 1. The molecule has 1 N–H and O–H groups in total. The minimum absolute atomic E-state index is 0.198. The molecule has 1 aromatic carbocycles. The van der Waals surface area contributed by atoms with Crippen LogP contribution in [0.2, 0.25) is 0 Å². The summed E-state index contributed by atoms with van der Waals surface area (Å²) >= 11 is 0. The lowest BCUT2D eigenvalue weighted by molar-refractivity contribution is 0.0472. The fourth-order valence-electron chi connectivity index (χ4n) is 2.17. The molecule has 0 aromatic heterocycles. The van der Waals surface area contributed by atoms with Gasteiger partial charge in [-0.1, -0.05) is 25.1 Å². The van der Waals surface area contributed by atoms with Gasteiger partial charge in [0.25, 0.3) is 0 Å². The lowest BCUT2D eigenvalue weighted by Crippen LogP contribution is -2.32. The Bertz CT molecular complexity index is 362. The zero-order valence-corrected chi connectivity index (χ0v) is 12.4. The lowest BCUT2D eigenvalue weighted by atomic mass is 9.98. The molecule has 0 bridgehead atoms. The van der Waals surface area contributed by atoms with Crippen LogP contribution in [-0.4, -0.2) is 19.3 Å². The van der Waals surface area contributed by atoms with E-state index in [-0.39, 0.29) is 12.1 Å². The van der Waals surface area contributed by atoms with E-state index in [0.717, 1.165) is 19.6 Å². The summed E-state index contributed by atoms with van der Waals surface area (Å²) in [6.45, 7) is 12.5. The maximum Gasteiger partial charge on any atom is 0.0741 e. The Balaban J connectivity index is 2.89. The molecule has 0 saturated heterocycles. The van der Waals surface area contributed by atoms with E-state index in [4.69, 9.17) is 4.74 Å². The Labute approximate surface area is 112 Å². The van der Waals surface area contributed by atoms with Gasteiger partial charge in [0.1, 0.15) is 0 Å². The Morgan fingerprint density at radius 1 is 1.17 bits per heavy atom. The fraction of sp³-hybridized carbons (Fsp3) is 0.625. The fourth-order valence-corrected chi connectivity index (χ4v) is 2.17. The maximum atomic E-state index is 5.76. The van der Waals surface area contributed by atoms with Crippen molar-refractivity contribution in [2.75, 3.05) is 13.2 Å². The monoisotopic (exact) mass is 249 g/mol. The topological polar surface area (TPSA) is 21.3 Å². The van der Waals surface area contributed by atoms with Crippen molar-refractivity contribution in [1.29, 1.82) is 0 Å². The molecule has 0 heterocycles. The van der Waals surface area contributed by atoms with Gasteiger partial charge in [0.2, 0.25) is 0 Å². The Hall–Kier alpha value is -0.860. The zero-order valence-electron chi connectivity index (χ0n) is 12.4. The summed E-state index contributed by atoms with van der Waals surface area (Å²) in [5.74, 6) is 0. The Morgan fingerprint density at radius 3 is 2.44 bits per heavy atom. The van der Waals surface area contributed by atoms with E-state index in [1.54, 1.807) is 0 Å². The molecule has 2 heteroatoms. The standard InChI is InChI=1S/C16H27NO/c1-6-10-17-16(14(5)18-7-2)15-9-8-12(3)13(4)11-15/h8-9,11,14,16-17H,6-7,10H2,1-5H3. The first-order valence-electron chi connectivity index (χ1n) is 7.02. The van der Waals surface area contributed by atoms with Crippen molar-refractivity contribution in [2.24, 2.45) is 0 Å². The molecule has 2 atom stereocenters. The van der Waals surface area contributed by atoms with Crippen molar-refractivity contribution in [2.45, 2.75) is 53.2 Å². The summed E-state index contributed by atoms with van der Waals surface area (Å²) in [5.41, 5.74) is 4.02. The SMILES string of the molecule is CCCNC(c1ccc(C)c(C)c1)C(C)OCC. The molecule has 0 aliphatic heterocycles. The number of hydrogen-bond acceptors (Lipinski definition) is 2. The normalized spacial score (nSPS) is 14.5. The van der Waals surface area contributed by atoms with Crippen molar-refractivity contribution in [3.8, 4) is 0 Å². The molecule has 18 heavy (non-hydrogen) atoms. The molecule has 102 valence electrons.